The summed E-state index contributed by atoms with van der Waals surface area (Å²) in [5, 5.41) is 3.34. The van der Waals surface area contributed by atoms with Crippen LogP contribution in [0.2, 0.25) is 0 Å². The number of allylic oxidation sites excluding steroid dienone is 1. The molecule has 1 N–H and O–H groups in total. The molecule has 2 atom stereocenters. The van der Waals surface area contributed by atoms with Crippen molar-refractivity contribution in [1.82, 2.24) is 5.32 Å². The number of ether oxygens (including phenoxy) is 1. The van der Waals surface area contributed by atoms with E-state index in [0.29, 0.717) is 5.41 Å². The van der Waals surface area contributed by atoms with Crippen LogP contribution in [-0.2, 0) is 4.74 Å². The van der Waals surface area contributed by atoms with Gasteiger partial charge in [0.15, 0.2) is 0 Å². The van der Waals surface area contributed by atoms with Gasteiger partial charge in [0.2, 0.25) is 0 Å². The van der Waals surface area contributed by atoms with Gasteiger partial charge in [0.05, 0.1) is 5.60 Å². The molecule has 2 bridgehead atoms. The quantitative estimate of drug-likeness (QED) is 0.739. The summed E-state index contributed by atoms with van der Waals surface area (Å²) < 4.78 is 5.71. The van der Waals surface area contributed by atoms with Gasteiger partial charge in [-0.05, 0) is 30.1 Å². The van der Waals surface area contributed by atoms with Crippen LogP contribution in [0.15, 0.2) is 11.6 Å². The lowest BCUT2D eigenvalue weighted by atomic mass is 9.48. The molecular weight excluding hydrogens is 198 g/mol. The molecule has 2 unspecified atom stereocenters. The van der Waals surface area contributed by atoms with Crippen LogP contribution in [0.25, 0.3) is 0 Å². The summed E-state index contributed by atoms with van der Waals surface area (Å²) in [5.41, 5.74) is 2.34. The lowest BCUT2D eigenvalue weighted by molar-refractivity contribution is -0.0656. The fourth-order valence-corrected chi connectivity index (χ4v) is 3.79. The zero-order chi connectivity index (χ0) is 11.4. The summed E-state index contributed by atoms with van der Waals surface area (Å²) in [4.78, 5) is 0. The van der Waals surface area contributed by atoms with Gasteiger partial charge in [-0.15, -0.1) is 0 Å². The third kappa shape index (κ3) is 1.32. The highest BCUT2D eigenvalue weighted by Crippen LogP contribution is 2.60. The molecule has 1 aliphatic heterocycles. The molecule has 3 aliphatic carbocycles. The Kier molecular flexibility index (Phi) is 2.25. The van der Waals surface area contributed by atoms with E-state index in [1.54, 1.807) is 5.57 Å². The first-order valence-corrected chi connectivity index (χ1v) is 6.52. The third-order valence-corrected chi connectivity index (χ3v) is 5.44. The van der Waals surface area contributed by atoms with Crippen LogP contribution in [-0.4, -0.2) is 25.8 Å². The number of fused-ring (bicyclic) bond motifs is 1. The van der Waals surface area contributed by atoms with Crippen LogP contribution >= 0.6 is 0 Å². The van der Waals surface area contributed by atoms with Crippen molar-refractivity contribution >= 4 is 0 Å². The molecule has 1 saturated carbocycles. The van der Waals surface area contributed by atoms with E-state index >= 15 is 0 Å². The van der Waals surface area contributed by atoms with E-state index in [0.717, 1.165) is 31.3 Å². The molecule has 90 valence electrons. The van der Waals surface area contributed by atoms with E-state index in [1.807, 2.05) is 7.11 Å². The normalized spacial score (nSPS) is 38.3. The first kappa shape index (κ1) is 10.8. The van der Waals surface area contributed by atoms with Crippen LogP contribution in [0.1, 0.15) is 33.1 Å². The number of nitrogens with one attached hydrogen (secondary N) is 1. The standard InChI is InChI=1S/C14H23NO/c1-13(2)11-5-4-10(12(13)6-11)7-14(16-3)8-15-9-14/h4,11-12,15H,5-9H2,1-3H3. The largest absolute Gasteiger partial charge is 0.375 e. The van der Waals surface area contributed by atoms with Crippen LogP contribution in [0.4, 0.5) is 0 Å². The molecule has 1 saturated heterocycles. The average molecular weight is 221 g/mol. The third-order valence-electron chi connectivity index (χ3n) is 5.44. The highest BCUT2D eigenvalue weighted by Gasteiger charge is 2.52. The van der Waals surface area contributed by atoms with Crippen molar-refractivity contribution in [2.45, 2.75) is 38.7 Å². The van der Waals surface area contributed by atoms with Gasteiger partial charge in [-0.25, -0.2) is 0 Å². The van der Waals surface area contributed by atoms with E-state index in [4.69, 9.17) is 4.74 Å². The Hall–Kier alpha value is -0.340. The first-order chi connectivity index (χ1) is 7.57. The molecule has 2 nitrogen and oxygen atoms in total. The first-order valence-electron chi connectivity index (χ1n) is 6.52. The Labute approximate surface area is 98.4 Å². The Morgan fingerprint density at radius 3 is 2.62 bits per heavy atom. The van der Waals surface area contributed by atoms with Gasteiger partial charge in [0.25, 0.3) is 0 Å². The highest BCUT2D eigenvalue weighted by molar-refractivity contribution is 5.26. The molecule has 4 aliphatic rings. The summed E-state index contributed by atoms with van der Waals surface area (Å²) >= 11 is 0. The summed E-state index contributed by atoms with van der Waals surface area (Å²) in [7, 11) is 1.86. The molecule has 16 heavy (non-hydrogen) atoms. The van der Waals surface area contributed by atoms with Crippen molar-refractivity contribution in [2.24, 2.45) is 17.3 Å². The number of rotatable bonds is 3. The van der Waals surface area contributed by atoms with Gasteiger partial charge < -0.3 is 10.1 Å². The topological polar surface area (TPSA) is 21.3 Å². The summed E-state index contributed by atoms with van der Waals surface area (Å²) in [6.07, 6.45) is 6.37. The van der Waals surface area contributed by atoms with Gasteiger partial charge in [0, 0.05) is 26.6 Å². The van der Waals surface area contributed by atoms with Gasteiger partial charge in [-0.2, -0.15) is 0 Å². The minimum atomic E-state index is 0.115. The lowest BCUT2D eigenvalue weighted by Crippen LogP contribution is -2.61. The molecule has 0 amide bonds. The highest BCUT2D eigenvalue weighted by atomic mass is 16.5. The molecule has 0 radical (unpaired) electrons. The predicted molar refractivity (Wildman–Crippen MR) is 65.3 cm³/mol. The van der Waals surface area contributed by atoms with Crippen molar-refractivity contribution < 1.29 is 4.74 Å². The average Bonchev–Trinajstić information content (AvgIpc) is 2.23. The molecule has 2 heteroatoms. The molecule has 2 fully saturated rings. The van der Waals surface area contributed by atoms with Crippen LogP contribution in [0.3, 0.4) is 0 Å². The number of hydrogen-bond donors (Lipinski definition) is 1. The van der Waals surface area contributed by atoms with Crippen molar-refractivity contribution in [2.75, 3.05) is 20.2 Å². The van der Waals surface area contributed by atoms with E-state index in [2.05, 4.69) is 25.2 Å². The van der Waals surface area contributed by atoms with Crippen LogP contribution in [0, 0.1) is 17.3 Å². The van der Waals surface area contributed by atoms with Gasteiger partial charge >= 0.3 is 0 Å². The summed E-state index contributed by atoms with van der Waals surface area (Å²) in [6, 6.07) is 0. The van der Waals surface area contributed by atoms with Crippen LogP contribution < -0.4 is 5.32 Å². The maximum atomic E-state index is 5.71. The minimum absolute atomic E-state index is 0.115. The van der Waals surface area contributed by atoms with Gasteiger partial charge in [0.1, 0.15) is 0 Å². The second kappa shape index (κ2) is 3.33. The Balaban J connectivity index is 1.74. The maximum absolute atomic E-state index is 5.71. The molecule has 0 aromatic heterocycles. The second-order valence-electron chi connectivity index (χ2n) is 6.49. The Morgan fingerprint density at radius 1 is 1.44 bits per heavy atom. The lowest BCUT2D eigenvalue weighted by Gasteiger charge is -2.58. The maximum Gasteiger partial charge on any atom is 0.0962 e. The van der Waals surface area contributed by atoms with Crippen molar-refractivity contribution in [3.63, 3.8) is 0 Å². The van der Waals surface area contributed by atoms with E-state index < -0.39 is 0 Å². The predicted octanol–water partition coefficient (Wildman–Crippen LogP) is 2.36. The smallest absolute Gasteiger partial charge is 0.0962 e. The second-order valence-corrected chi connectivity index (χ2v) is 6.49. The van der Waals surface area contributed by atoms with E-state index in [9.17, 15) is 0 Å². The number of hydrogen-bond acceptors (Lipinski definition) is 2. The summed E-state index contributed by atoms with van der Waals surface area (Å²) in [5.74, 6) is 1.78. The van der Waals surface area contributed by atoms with Gasteiger partial charge in [-0.3, -0.25) is 0 Å². The van der Waals surface area contributed by atoms with E-state index in [1.165, 1.54) is 12.8 Å². The van der Waals surface area contributed by atoms with E-state index in [-0.39, 0.29) is 5.60 Å². The Morgan fingerprint density at radius 2 is 2.19 bits per heavy atom. The molecule has 1 heterocycles. The van der Waals surface area contributed by atoms with Crippen molar-refractivity contribution in [3.05, 3.63) is 11.6 Å². The molecule has 0 spiro atoms. The fourth-order valence-electron chi connectivity index (χ4n) is 3.79. The molecule has 4 rings (SSSR count). The molecule has 0 aromatic rings. The molecule has 0 aromatic carbocycles. The minimum Gasteiger partial charge on any atom is -0.375 e. The fraction of sp³-hybridized carbons (Fsp3) is 0.857. The Bertz CT molecular complexity index is 322. The van der Waals surface area contributed by atoms with Crippen LogP contribution in [0.5, 0.6) is 0 Å². The zero-order valence-electron chi connectivity index (χ0n) is 10.7. The van der Waals surface area contributed by atoms with Crippen molar-refractivity contribution in [1.29, 1.82) is 0 Å². The van der Waals surface area contributed by atoms with Gasteiger partial charge in [-0.1, -0.05) is 25.5 Å². The molecular formula is C14H23NO. The summed E-state index contributed by atoms with van der Waals surface area (Å²) in [6.45, 7) is 6.93. The SMILES string of the molecule is COC1(CC2=CCC3CC2C3(C)C)CNC1. The number of methoxy groups -OCH3 is 1. The monoisotopic (exact) mass is 221 g/mol. The van der Waals surface area contributed by atoms with Crippen molar-refractivity contribution in [3.8, 4) is 0 Å². The zero-order valence-corrected chi connectivity index (χ0v) is 10.7.